The third kappa shape index (κ3) is 5.32. The van der Waals surface area contributed by atoms with E-state index in [4.69, 9.17) is 23.7 Å². The van der Waals surface area contributed by atoms with Gasteiger partial charge in [-0.2, -0.15) is 0 Å². The van der Waals surface area contributed by atoms with Gasteiger partial charge in [0.05, 0.1) is 19.3 Å². The van der Waals surface area contributed by atoms with Gasteiger partial charge < -0.3 is 74.7 Å². The minimum absolute atomic E-state index is 0.749. The Kier molecular flexibility index (Phi) is 8.99. The Bertz CT molecular complexity index is 624. The molecule has 10 N–H and O–H groups in total. The first-order valence-electron chi connectivity index (χ1n) is 10.4. The van der Waals surface area contributed by atoms with E-state index in [2.05, 4.69) is 0 Å². The second kappa shape index (κ2) is 11.0. The normalized spacial score (nSPS) is 53.7. The van der Waals surface area contributed by atoms with E-state index in [0.717, 1.165) is 0 Å². The molecule has 0 aromatic rings. The average molecular weight is 488 g/mol. The predicted octanol–water partition coefficient (Wildman–Crippen LogP) is -6.55. The van der Waals surface area contributed by atoms with Gasteiger partial charge in [-0.15, -0.1) is 0 Å². The highest BCUT2D eigenvalue weighted by Gasteiger charge is 2.53. The quantitative estimate of drug-likeness (QED) is 0.167. The van der Waals surface area contributed by atoms with Gasteiger partial charge in [0.1, 0.15) is 67.1 Å². The molecule has 194 valence electrons. The van der Waals surface area contributed by atoms with E-state index in [1.807, 2.05) is 0 Å². The minimum Gasteiger partial charge on any atom is -0.394 e. The Morgan fingerprint density at radius 2 is 1.12 bits per heavy atom. The van der Waals surface area contributed by atoms with Gasteiger partial charge in [0.2, 0.25) is 0 Å². The fourth-order valence-corrected chi connectivity index (χ4v) is 4.00. The Morgan fingerprint density at radius 3 is 1.73 bits per heavy atom. The van der Waals surface area contributed by atoms with E-state index in [9.17, 15) is 51.1 Å². The van der Waals surface area contributed by atoms with Crippen LogP contribution in [-0.2, 0) is 23.7 Å². The van der Waals surface area contributed by atoms with Crippen LogP contribution in [0.15, 0.2) is 0 Å². The Hall–Kier alpha value is -0.600. The summed E-state index contributed by atoms with van der Waals surface area (Å²) in [7, 11) is 0. The van der Waals surface area contributed by atoms with E-state index >= 15 is 0 Å². The number of aliphatic hydroxyl groups is 10. The highest BCUT2D eigenvalue weighted by molar-refractivity contribution is 4.96. The van der Waals surface area contributed by atoms with E-state index < -0.39 is 105 Å². The summed E-state index contributed by atoms with van der Waals surface area (Å²) in [6.07, 6.45) is -23.9. The summed E-state index contributed by atoms with van der Waals surface area (Å²) in [5.41, 5.74) is 0. The van der Waals surface area contributed by atoms with Gasteiger partial charge in [-0.25, -0.2) is 0 Å². The van der Waals surface area contributed by atoms with Gasteiger partial charge in [0.15, 0.2) is 18.9 Å². The molecule has 0 bridgehead atoms. The van der Waals surface area contributed by atoms with Crippen molar-refractivity contribution in [2.24, 2.45) is 0 Å². The van der Waals surface area contributed by atoms with Crippen LogP contribution in [0.4, 0.5) is 0 Å². The van der Waals surface area contributed by atoms with Crippen LogP contribution < -0.4 is 0 Å². The van der Waals surface area contributed by atoms with Crippen LogP contribution in [0.1, 0.15) is 6.92 Å². The van der Waals surface area contributed by atoms with Gasteiger partial charge in [-0.05, 0) is 6.92 Å². The second-order valence-corrected chi connectivity index (χ2v) is 8.32. The van der Waals surface area contributed by atoms with Crippen molar-refractivity contribution >= 4 is 0 Å². The first kappa shape index (κ1) is 27.0. The van der Waals surface area contributed by atoms with Crippen LogP contribution in [-0.4, -0.2) is 156 Å². The van der Waals surface area contributed by atoms with E-state index in [1.165, 1.54) is 6.92 Å². The first-order chi connectivity index (χ1) is 15.5. The van der Waals surface area contributed by atoms with Gasteiger partial charge in [0, 0.05) is 0 Å². The topological polar surface area (TPSA) is 248 Å². The summed E-state index contributed by atoms with van der Waals surface area (Å²) in [6.45, 7) is -0.122. The standard InChI is InChI=1S/C18H32O15/c1-4-7(21)9(23)12(26)17(29-4)33-15-8(22)5(2-19)31-18(13(15)27)32-14-6(3-20)30-16(28)11(25)10(14)24/h4-28H,2-3H2,1H3/t4-,5-,6-,7-,8+,9+,10+,11+,12-,13-,14+,15-,16+,17+,18-/m1/s1. The third-order valence-electron chi connectivity index (χ3n) is 6.05. The van der Waals surface area contributed by atoms with Crippen molar-refractivity contribution in [1.29, 1.82) is 0 Å². The SMILES string of the molecule is C[C@H]1O[C@@H](O[C@@H]2[C@@H](O)[C@@H](CO)O[C@H](O[C@@H]3[C@@H](O)[C@H](O)[C@@H](O)O[C@@H]3CO)[C@@H]2O)[C@H](O)[C@@H](O)[C@@H]1O. The van der Waals surface area contributed by atoms with Crippen molar-refractivity contribution in [2.75, 3.05) is 13.2 Å². The lowest BCUT2D eigenvalue weighted by Gasteiger charge is -2.47. The van der Waals surface area contributed by atoms with E-state index in [-0.39, 0.29) is 0 Å². The molecule has 0 amide bonds. The van der Waals surface area contributed by atoms with Crippen LogP contribution >= 0.6 is 0 Å². The molecule has 3 rings (SSSR count). The molecule has 3 saturated heterocycles. The van der Waals surface area contributed by atoms with Crippen molar-refractivity contribution in [3.8, 4) is 0 Å². The van der Waals surface area contributed by atoms with Crippen LogP contribution in [0.3, 0.4) is 0 Å². The summed E-state index contributed by atoms with van der Waals surface area (Å²) in [4.78, 5) is 0. The highest BCUT2D eigenvalue weighted by Crippen LogP contribution is 2.32. The molecule has 3 heterocycles. The molecule has 0 radical (unpaired) electrons. The predicted molar refractivity (Wildman–Crippen MR) is 99.8 cm³/mol. The zero-order valence-electron chi connectivity index (χ0n) is 17.6. The monoisotopic (exact) mass is 488 g/mol. The molecular formula is C18H32O15. The van der Waals surface area contributed by atoms with Crippen LogP contribution in [0.25, 0.3) is 0 Å². The molecule has 15 atom stereocenters. The van der Waals surface area contributed by atoms with Crippen molar-refractivity contribution in [1.82, 2.24) is 0 Å². The Balaban J connectivity index is 1.77. The summed E-state index contributed by atoms with van der Waals surface area (Å²) in [6, 6.07) is 0. The molecule has 0 spiro atoms. The summed E-state index contributed by atoms with van der Waals surface area (Å²) in [5, 5.41) is 99.9. The van der Waals surface area contributed by atoms with Crippen molar-refractivity contribution < 1.29 is 74.7 Å². The molecule has 3 fully saturated rings. The summed E-state index contributed by atoms with van der Waals surface area (Å²) >= 11 is 0. The molecule has 0 saturated carbocycles. The fourth-order valence-electron chi connectivity index (χ4n) is 4.00. The largest absolute Gasteiger partial charge is 0.394 e. The number of ether oxygens (including phenoxy) is 5. The molecule has 0 unspecified atom stereocenters. The second-order valence-electron chi connectivity index (χ2n) is 8.32. The lowest BCUT2D eigenvalue weighted by molar-refractivity contribution is -0.377. The molecule has 0 aromatic carbocycles. The van der Waals surface area contributed by atoms with Crippen LogP contribution in [0.2, 0.25) is 0 Å². The van der Waals surface area contributed by atoms with Gasteiger partial charge in [-0.1, -0.05) is 0 Å². The van der Waals surface area contributed by atoms with Crippen molar-refractivity contribution in [2.45, 2.75) is 99.0 Å². The minimum atomic E-state index is -1.84. The lowest BCUT2D eigenvalue weighted by atomic mass is 9.96. The van der Waals surface area contributed by atoms with Crippen molar-refractivity contribution in [3.05, 3.63) is 0 Å². The molecule has 15 nitrogen and oxygen atoms in total. The molecule has 3 aliphatic rings. The molecular weight excluding hydrogens is 456 g/mol. The highest BCUT2D eigenvalue weighted by atomic mass is 16.7. The molecule has 33 heavy (non-hydrogen) atoms. The molecule has 0 aliphatic carbocycles. The van der Waals surface area contributed by atoms with E-state index in [1.54, 1.807) is 0 Å². The Morgan fingerprint density at radius 1 is 0.545 bits per heavy atom. The van der Waals surface area contributed by atoms with E-state index in [0.29, 0.717) is 0 Å². The first-order valence-corrected chi connectivity index (χ1v) is 10.4. The average Bonchev–Trinajstić information content (AvgIpc) is 2.79. The summed E-state index contributed by atoms with van der Waals surface area (Å²) in [5.74, 6) is 0. The van der Waals surface area contributed by atoms with Crippen molar-refractivity contribution in [3.63, 3.8) is 0 Å². The number of hydrogen-bond donors (Lipinski definition) is 10. The molecule has 0 aromatic heterocycles. The summed E-state index contributed by atoms with van der Waals surface area (Å²) < 4.78 is 26.6. The number of aliphatic hydroxyl groups excluding tert-OH is 10. The zero-order chi connectivity index (χ0) is 24.6. The smallest absolute Gasteiger partial charge is 0.187 e. The van der Waals surface area contributed by atoms with Crippen LogP contribution in [0.5, 0.6) is 0 Å². The zero-order valence-corrected chi connectivity index (χ0v) is 17.6. The maximum absolute atomic E-state index is 10.7. The van der Waals surface area contributed by atoms with Gasteiger partial charge >= 0.3 is 0 Å². The lowest BCUT2D eigenvalue weighted by Crippen LogP contribution is -2.66. The maximum atomic E-state index is 10.7. The van der Waals surface area contributed by atoms with Gasteiger partial charge in [0.25, 0.3) is 0 Å². The third-order valence-corrected chi connectivity index (χ3v) is 6.05. The number of hydrogen-bond acceptors (Lipinski definition) is 15. The Labute approximate surface area is 187 Å². The van der Waals surface area contributed by atoms with Crippen LogP contribution in [0, 0.1) is 0 Å². The molecule has 15 heteroatoms. The maximum Gasteiger partial charge on any atom is 0.187 e. The van der Waals surface area contributed by atoms with Gasteiger partial charge in [-0.3, -0.25) is 0 Å². The fraction of sp³-hybridized carbons (Fsp3) is 1.00. The number of rotatable bonds is 6. The molecule has 3 aliphatic heterocycles.